The van der Waals surface area contributed by atoms with Crippen LogP contribution in [0.2, 0.25) is 0 Å². The van der Waals surface area contributed by atoms with Crippen molar-refractivity contribution in [1.29, 1.82) is 0 Å². The molecule has 0 aliphatic carbocycles. The summed E-state index contributed by atoms with van der Waals surface area (Å²) < 4.78 is 5.13. The predicted molar refractivity (Wildman–Crippen MR) is 77.4 cm³/mol. The maximum atomic E-state index is 5.13. The smallest absolute Gasteiger partial charge is 0.0885 e. The Bertz CT molecular complexity index is 321. The average Bonchev–Trinajstić information content (AvgIpc) is 2.38. The molecule has 0 heterocycles. The molecule has 1 unspecified atom stereocenters. The van der Waals surface area contributed by atoms with Gasteiger partial charge in [-0.15, -0.1) is 0 Å². The fourth-order valence-corrected chi connectivity index (χ4v) is 2.01. The molecule has 0 saturated heterocycles. The highest BCUT2D eigenvalue weighted by atomic mass is 16.5. The fourth-order valence-electron chi connectivity index (χ4n) is 2.01. The first-order valence-corrected chi connectivity index (χ1v) is 6.75. The van der Waals surface area contributed by atoms with Gasteiger partial charge in [-0.2, -0.15) is 0 Å². The van der Waals surface area contributed by atoms with Gasteiger partial charge in [-0.3, -0.25) is 0 Å². The minimum Gasteiger partial charge on any atom is -0.502 e. The Labute approximate surface area is 111 Å². The maximum Gasteiger partial charge on any atom is 0.0885 e. The molecule has 1 atom stereocenters. The van der Waals surface area contributed by atoms with Crippen molar-refractivity contribution in [2.45, 2.75) is 32.7 Å². The molecule has 0 aromatic heterocycles. The van der Waals surface area contributed by atoms with Gasteiger partial charge < -0.3 is 10.1 Å². The van der Waals surface area contributed by atoms with Gasteiger partial charge in [0.05, 0.1) is 12.9 Å². The molecule has 2 nitrogen and oxygen atoms in total. The highest BCUT2D eigenvalue weighted by Gasteiger charge is 2.11. The van der Waals surface area contributed by atoms with Crippen molar-refractivity contribution in [1.82, 2.24) is 5.32 Å². The van der Waals surface area contributed by atoms with Crippen LogP contribution >= 0.6 is 0 Å². The van der Waals surface area contributed by atoms with Crippen molar-refractivity contribution in [3.63, 3.8) is 0 Å². The van der Waals surface area contributed by atoms with Crippen LogP contribution in [0.4, 0.5) is 0 Å². The van der Waals surface area contributed by atoms with Crippen LogP contribution in [0, 0.1) is 5.92 Å². The first kappa shape index (κ1) is 14.8. The normalized spacial score (nSPS) is 12.4. The van der Waals surface area contributed by atoms with Crippen molar-refractivity contribution in [3.05, 3.63) is 48.7 Å². The van der Waals surface area contributed by atoms with Crippen molar-refractivity contribution in [3.8, 4) is 0 Å². The first-order chi connectivity index (χ1) is 8.74. The molecule has 0 aliphatic heterocycles. The van der Waals surface area contributed by atoms with Gasteiger partial charge in [-0.1, -0.05) is 50.8 Å². The molecular weight excluding hydrogens is 222 g/mol. The summed E-state index contributed by atoms with van der Waals surface area (Å²) in [6, 6.07) is 11.1. The summed E-state index contributed by atoms with van der Waals surface area (Å²) in [6.45, 7) is 9.77. The van der Waals surface area contributed by atoms with Gasteiger partial charge in [-0.05, 0) is 30.9 Å². The van der Waals surface area contributed by atoms with Crippen molar-refractivity contribution in [2.24, 2.45) is 5.92 Å². The Morgan fingerprint density at radius 1 is 1.28 bits per heavy atom. The highest BCUT2D eigenvalue weighted by Crippen LogP contribution is 2.20. The van der Waals surface area contributed by atoms with Crippen LogP contribution in [0.5, 0.6) is 0 Å². The molecule has 1 aromatic rings. The van der Waals surface area contributed by atoms with E-state index < -0.39 is 0 Å². The summed E-state index contributed by atoms with van der Waals surface area (Å²) in [4.78, 5) is 0. The van der Waals surface area contributed by atoms with E-state index in [2.05, 4.69) is 56.1 Å². The van der Waals surface area contributed by atoms with Crippen LogP contribution < -0.4 is 5.32 Å². The average molecular weight is 247 g/mol. The molecule has 0 radical (unpaired) electrons. The Kier molecular flexibility index (Phi) is 7.19. The van der Waals surface area contributed by atoms with Crippen LogP contribution in [-0.2, 0) is 4.74 Å². The first-order valence-electron chi connectivity index (χ1n) is 6.75. The van der Waals surface area contributed by atoms with Crippen LogP contribution in [-0.4, -0.2) is 13.2 Å². The van der Waals surface area contributed by atoms with E-state index in [1.165, 1.54) is 11.8 Å². The zero-order chi connectivity index (χ0) is 13.2. The number of rotatable bonds is 9. The van der Waals surface area contributed by atoms with E-state index in [0.29, 0.717) is 12.0 Å². The van der Waals surface area contributed by atoms with Gasteiger partial charge in [-0.25, -0.2) is 0 Å². The number of nitrogens with one attached hydrogen (secondary N) is 1. The minimum absolute atomic E-state index is 0.440. The molecule has 1 N–H and O–H groups in total. The van der Waals surface area contributed by atoms with E-state index in [1.54, 1.807) is 0 Å². The SMILES string of the molecule is C=COCCCNC(CC(C)C)c1ccccc1. The molecule has 2 heteroatoms. The van der Waals surface area contributed by atoms with Gasteiger partial charge in [0.25, 0.3) is 0 Å². The Hall–Kier alpha value is -1.28. The third-order valence-corrected chi connectivity index (χ3v) is 2.86. The fraction of sp³-hybridized carbons (Fsp3) is 0.500. The maximum absolute atomic E-state index is 5.13. The second-order valence-electron chi connectivity index (χ2n) is 4.94. The molecule has 1 aromatic carbocycles. The summed E-state index contributed by atoms with van der Waals surface area (Å²) >= 11 is 0. The molecule has 0 saturated carbocycles. The predicted octanol–water partition coefficient (Wildman–Crippen LogP) is 3.91. The van der Waals surface area contributed by atoms with Gasteiger partial charge in [0.2, 0.25) is 0 Å². The van der Waals surface area contributed by atoms with Crippen LogP contribution in [0.1, 0.15) is 38.3 Å². The molecule has 18 heavy (non-hydrogen) atoms. The van der Waals surface area contributed by atoms with E-state index in [-0.39, 0.29) is 0 Å². The molecular formula is C16H25NO. The second kappa shape index (κ2) is 8.76. The zero-order valence-corrected chi connectivity index (χ0v) is 11.6. The lowest BCUT2D eigenvalue weighted by Gasteiger charge is -2.21. The van der Waals surface area contributed by atoms with Crippen LogP contribution in [0.15, 0.2) is 43.2 Å². The van der Waals surface area contributed by atoms with Crippen molar-refractivity contribution < 1.29 is 4.74 Å². The largest absolute Gasteiger partial charge is 0.502 e. The summed E-state index contributed by atoms with van der Waals surface area (Å²) in [5.74, 6) is 0.687. The quantitative estimate of drug-likeness (QED) is 0.527. The second-order valence-corrected chi connectivity index (χ2v) is 4.94. The van der Waals surface area contributed by atoms with E-state index in [9.17, 15) is 0 Å². The lowest BCUT2D eigenvalue weighted by atomic mass is 9.97. The Morgan fingerprint density at radius 3 is 2.61 bits per heavy atom. The summed E-state index contributed by atoms with van der Waals surface area (Å²) in [5, 5.41) is 3.61. The lowest BCUT2D eigenvalue weighted by Crippen LogP contribution is -2.24. The number of benzene rings is 1. The molecule has 0 amide bonds. The third-order valence-electron chi connectivity index (χ3n) is 2.86. The van der Waals surface area contributed by atoms with Crippen molar-refractivity contribution >= 4 is 0 Å². The molecule has 0 bridgehead atoms. The lowest BCUT2D eigenvalue weighted by molar-refractivity contribution is 0.241. The number of ether oxygens (including phenoxy) is 1. The molecule has 0 fully saturated rings. The van der Waals surface area contributed by atoms with Crippen LogP contribution in [0.3, 0.4) is 0 Å². The summed E-state index contributed by atoms with van der Waals surface area (Å²) in [6.07, 6.45) is 3.67. The Morgan fingerprint density at radius 2 is 2.00 bits per heavy atom. The number of hydrogen-bond acceptors (Lipinski definition) is 2. The molecule has 100 valence electrons. The van der Waals surface area contributed by atoms with E-state index >= 15 is 0 Å². The monoisotopic (exact) mass is 247 g/mol. The standard InChI is InChI=1S/C16H25NO/c1-4-18-12-8-11-17-16(13-14(2)3)15-9-6-5-7-10-15/h4-7,9-10,14,16-17H,1,8,11-13H2,2-3H3. The Balaban J connectivity index is 2.44. The van der Waals surface area contributed by atoms with Gasteiger partial charge in [0.1, 0.15) is 0 Å². The summed E-state index contributed by atoms with van der Waals surface area (Å²) in [7, 11) is 0. The molecule has 1 rings (SSSR count). The van der Waals surface area contributed by atoms with Crippen molar-refractivity contribution in [2.75, 3.05) is 13.2 Å². The minimum atomic E-state index is 0.440. The van der Waals surface area contributed by atoms with Gasteiger partial charge in [0.15, 0.2) is 0 Å². The third kappa shape index (κ3) is 5.87. The van der Waals surface area contributed by atoms with Gasteiger partial charge in [0, 0.05) is 6.04 Å². The van der Waals surface area contributed by atoms with Gasteiger partial charge >= 0.3 is 0 Å². The topological polar surface area (TPSA) is 21.3 Å². The summed E-state index contributed by atoms with van der Waals surface area (Å²) in [5.41, 5.74) is 1.37. The van der Waals surface area contributed by atoms with E-state index in [1.807, 2.05) is 0 Å². The van der Waals surface area contributed by atoms with E-state index in [4.69, 9.17) is 4.74 Å². The molecule has 0 spiro atoms. The van der Waals surface area contributed by atoms with Crippen LogP contribution in [0.25, 0.3) is 0 Å². The van der Waals surface area contributed by atoms with E-state index in [0.717, 1.165) is 26.0 Å². The highest BCUT2D eigenvalue weighted by molar-refractivity contribution is 5.18. The zero-order valence-electron chi connectivity index (χ0n) is 11.6. The number of hydrogen-bond donors (Lipinski definition) is 1. The molecule has 0 aliphatic rings.